The van der Waals surface area contributed by atoms with Crippen LogP contribution in [0.2, 0.25) is 0 Å². The Labute approximate surface area is 312 Å². The highest BCUT2D eigenvalue weighted by molar-refractivity contribution is 5.96. The number of nitrogens with zero attached hydrogens (tertiary/aromatic N) is 4. The maximum atomic E-state index is 13.5. The van der Waals surface area contributed by atoms with Gasteiger partial charge < -0.3 is 48.7 Å². The number of aromatic nitrogens is 4. The van der Waals surface area contributed by atoms with Crippen molar-refractivity contribution in [2.75, 3.05) is 27.3 Å². The van der Waals surface area contributed by atoms with Gasteiger partial charge in [0.15, 0.2) is 11.5 Å². The summed E-state index contributed by atoms with van der Waals surface area (Å²) < 4.78 is 22.0. The standard InChI is InChI=1S/C38H48N8O8/c1-8-11-45(35(47)32(20(2)3)43-37(49)51-6)19-31-39-17-24(41-31)29-15-22-13-28-23(14-27(22)53-29)16-30(54-28)25-18-40-34(42-25)26-10-9-12-46(26)36(48)33(21(4)5)44-38(50)52-7/h13-18,20-21,26,32-33H,8-12,19H2,1-7H3,(H,39,41)(H,40,42)(H,43,49)(H,44,50)/t26-,32?,33-/m0/s1. The number of carbonyl (C=O) groups is 4. The van der Waals surface area contributed by atoms with E-state index >= 15 is 0 Å². The molecule has 0 aliphatic carbocycles. The van der Waals surface area contributed by atoms with Crippen LogP contribution >= 0.6 is 0 Å². The fourth-order valence-electron chi connectivity index (χ4n) is 6.84. The molecule has 0 saturated carbocycles. The third-order valence-corrected chi connectivity index (χ3v) is 9.69. The lowest BCUT2D eigenvalue weighted by Gasteiger charge is -2.29. The minimum Gasteiger partial charge on any atom is -0.454 e. The summed E-state index contributed by atoms with van der Waals surface area (Å²) in [6.45, 7) is 10.8. The molecule has 1 saturated heterocycles. The number of nitrogens with one attached hydrogen (secondary N) is 4. The summed E-state index contributed by atoms with van der Waals surface area (Å²) >= 11 is 0. The summed E-state index contributed by atoms with van der Waals surface area (Å²) in [4.78, 5) is 70.1. The molecule has 4 N–H and O–H groups in total. The summed E-state index contributed by atoms with van der Waals surface area (Å²) in [7, 11) is 2.54. The van der Waals surface area contributed by atoms with Gasteiger partial charge in [0.1, 0.15) is 46.3 Å². The number of H-pyrrole nitrogens is 2. The molecule has 16 nitrogen and oxygen atoms in total. The van der Waals surface area contributed by atoms with E-state index < -0.39 is 24.3 Å². The molecular weight excluding hydrogens is 696 g/mol. The van der Waals surface area contributed by atoms with Crippen LogP contribution in [0.1, 0.15) is 71.6 Å². The van der Waals surface area contributed by atoms with E-state index in [-0.39, 0.29) is 36.2 Å². The van der Waals surface area contributed by atoms with Gasteiger partial charge in [-0.05, 0) is 55.4 Å². The Balaban J connectivity index is 1.17. The van der Waals surface area contributed by atoms with Gasteiger partial charge in [0.25, 0.3) is 0 Å². The SMILES string of the molecule is CCCN(Cc1ncc(-c2cc3cc4oc(-c5cnc([C@@H]6CCCN6C(=O)[C@@H](NC(=O)OC)C(C)C)[nH]5)cc4cc3o2)[nH]1)C(=O)C(NC(=O)OC)C(C)C. The second-order valence-electron chi connectivity index (χ2n) is 14.2. The predicted octanol–water partition coefficient (Wildman–Crippen LogP) is 6.12. The summed E-state index contributed by atoms with van der Waals surface area (Å²) in [5.41, 5.74) is 2.64. The van der Waals surface area contributed by atoms with Crippen molar-refractivity contribution in [1.29, 1.82) is 0 Å². The van der Waals surface area contributed by atoms with Crippen LogP contribution < -0.4 is 10.6 Å². The first-order chi connectivity index (χ1) is 25.9. The van der Waals surface area contributed by atoms with Gasteiger partial charge in [-0.3, -0.25) is 9.59 Å². The number of hydrogen-bond donors (Lipinski definition) is 4. The Kier molecular flexibility index (Phi) is 11.3. The Morgan fingerprint density at radius 3 is 2.02 bits per heavy atom. The number of benzene rings is 1. The Hall–Kier alpha value is -5.80. The van der Waals surface area contributed by atoms with E-state index in [0.717, 1.165) is 30.0 Å². The lowest BCUT2D eigenvalue weighted by Crippen LogP contribution is -2.51. The van der Waals surface area contributed by atoms with Gasteiger partial charge in [-0.25, -0.2) is 19.6 Å². The summed E-state index contributed by atoms with van der Waals surface area (Å²) in [5, 5.41) is 6.99. The van der Waals surface area contributed by atoms with Crippen molar-refractivity contribution in [2.24, 2.45) is 11.8 Å². The number of carbonyl (C=O) groups excluding carboxylic acids is 4. The van der Waals surface area contributed by atoms with Crippen LogP contribution in [0, 0.1) is 11.8 Å². The first-order valence-corrected chi connectivity index (χ1v) is 18.3. The van der Waals surface area contributed by atoms with Crippen molar-refractivity contribution in [3.63, 3.8) is 0 Å². The molecule has 16 heteroatoms. The zero-order valence-corrected chi connectivity index (χ0v) is 31.6. The fraction of sp³-hybridized carbons (Fsp3) is 0.474. The number of rotatable bonds is 13. The lowest BCUT2D eigenvalue weighted by molar-refractivity contribution is -0.136. The highest BCUT2D eigenvalue weighted by atomic mass is 16.5. The first-order valence-electron chi connectivity index (χ1n) is 18.3. The molecule has 5 aromatic rings. The monoisotopic (exact) mass is 744 g/mol. The zero-order valence-electron chi connectivity index (χ0n) is 31.6. The van der Waals surface area contributed by atoms with E-state index in [1.807, 2.05) is 58.9 Å². The maximum Gasteiger partial charge on any atom is 0.407 e. The molecule has 1 fully saturated rings. The van der Waals surface area contributed by atoms with Gasteiger partial charge in [-0.15, -0.1) is 0 Å². The van der Waals surface area contributed by atoms with Crippen molar-refractivity contribution in [2.45, 2.75) is 78.6 Å². The number of amides is 4. The third kappa shape index (κ3) is 7.92. The minimum absolute atomic E-state index is 0.130. The number of fused-ring (bicyclic) bond motifs is 2. The predicted molar refractivity (Wildman–Crippen MR) is 199 cm³/mol. The molecule has 1 aromatic carbocycles. The lowest BCUT2D eigenvalue weighted by atomic mass is 10.0. The van der Waals surface area contributed by atoms with Crippen molar-refractivity contribution in [1.82, 2.24) is 40.4 Å². The summed E-state index contributed by atoms with van der Waals surface area (Å²) in [6, 6.07) is 5.91. The molecule has 288 valence electrons. The second kappa shape index (κ2) is 16.1. The highest BCUT2D eigenvalue weighted by Gasteiger charge is 2.37. The molecule has 1 aliphatic heterocycles. The summed E-state index contributed by atoms with van der Waals surface area (Å²) in [5.74, 6) is 1.73. The van der Waals surface area contributed by atoms with E-state index in [0.29, 0.717) is 58.8 Å². The van der Waals surface area contributed by atoms with Crippen molar-refractivity contribution >= 4 is 45.9 Å². The molecule has 54 heavy (non-hydrogen) atoms. The largest absolute Gasteiger partial charge is 0.454 e. The first kappa shape index (κ1) is 37.9. The number of aromatic amines is 2. The van der Waals surface area contributed by atoms with Crippen LogP contribution in [-0.4, -0.2) is 93.1 Å². The molecule has 1 aliphatic rings. The number of ether oxygens (including phenoxy) is 2. The molecule has 0 spiro atoms. The molecule has 4 aromatic heterocycles. The second-order valence-corrected chi connectivity index (χ2v) is 14.2. The number of alkyl carbamates (subject to hydrolysis) is 2. The van der Waals surface area contributed by atoms with Crippen LogP contribution in [0.15, 0.2) is 45.5 Å². The Bertz CT molecular complexity index is 2080. The topological polar surface area (TPSA) is 201 Å². The number of furan rings is 2. The van der Waals surface area contributed by atoms with Crippen LogP contribution in [-0.2, 0) is 25.6 Å². The minimum atomic E-state index is -0.739. The molecule has 6 rings (SSSR count). The molecule has 3 atom stereocenters. The van der Waals surface area contributed by atoms with Gasteiger partial charge >= 0.3 is 12.2 Å². The van der Waals surface area contributed by atoms with Crippen molar-refractivity contribution < 1.29 is 37.5 Å². The molecule has 0 radical (unpaired) electrons. The molecule has 0 bridgehead atoms. The molecule has 1 unspecified atom stereocenters. The van der Waals surface area contributed by atoms with Gasteiger partial charge in [0.2, 0.25) is 11.8 Å². The third-order valence-electron chi connectivity index (χ3n) is 9.69. The average molecular weight is 745 g/mol. The number of methoxy groups -OCH3 is 2. The fourth-order valence-corrected chi connectivity index (χ4v) is 6.84. The van der Waals surface area contributed by atoms with E-state index in [2.05, 4.69) is 30.6 Å². The molecule has 5 heterocycles. The Morgan fingerprint density at radius 2 is 1.44 bits per heavy atom. The smallest absolute Gasteiger partial charge is 0.407 e. The van der Waals surface area contributed by atoms with Gasteiger partial charge in [-0.1, -0.05) is 34.6 Å². The van der Waals surface area contributed by atoms with Gasteiger partial charge in [-0.2, -0.15) is 0 Å². The number of hydrogen-bond acceptors (Lipinski definition) is 10. The van der Waals surface area contributed by atoms with Crippen molar-refractivity contribution in [3.8, 4) is 22.9 Å². The zero-order chi connectivity index (χ0) is 38.7. The van der Waals surface area contributed by atoms with E-state index in [4.69, 9.17) is 18.3 Å². The van der Waals surface area contributed by atoms with Gasteiger partial charge in [0, 0.05) is 23.9 Å². The number of likely N-dealkylation sites (tertiary alicyclic amines) is 1. The molecular formula is C38H48N8O8. The van der Waals surface area contributed by atoms with Gasteiger partial charge in [0.05, 0.1) is 39.2 Å². The normalized spacial score (nSPS) is 15.6. The van der Waals surface area contributed by atoms with Crippen LogP contribution in [0.25, 0.3) is 44.8 Å². The Morgan fingerprint density at radius 1 is 0.870 bits per heavy atom. The van der Waals surface area contributed by atoms with E-state index in [1.165, 1.54) is 14.2 Å². The van der Waals surface area contributed by atoms with Crippen LogP contribution in [0.3, 0.4) is 0 Å². The van der Waals surface area contributed by atoms with Crippen molar-refractivity contribution in [3.05, 3.63) is 48.3 Å². The highest BCUT2D eigenvalue weighted by Crippen LogP contribution is 2.36. The van der Waals surface area contributed by atoms with E-state index in [1.54, 1.807) is 22.2 Å². The van der Waals surface area contributed by atoms with Crippen LogP contribution in [0.4, 0.5) is 9.59 Å². The average Bonchev–Trinajstić information content (AvgIpc) is 3.99. The summed E-state index contributed by atoms with van der Waals surface area (Å²) in [6.07, 6.45) is 4.35. The maximum absolute atomic E-state index is 13.5. The number of imidazole rings is 2. The molecule has 4 amide bonds. The quantitative estimate of drug-likeness (QED) is 0.109. The van der Waals surface area contributed by atoms with E-state index in [9.17, 15) is 19.2 Å². The van der Waals surface area contributed by atoms with Crippen LogP contribution in [0.5, 0.6) is 0 Å².